The van der Waals surface area contributed by atoms with Gasteiger partial charge in [0.05, 0.1) is 12.2 Å². The van der Waals surface area contributed by atoms with Gasteiger partial charge in [0, 0.05) is 48.9 Å². The molecule has 0 bridgehead atoms. The number of likely N-dealkylation sites (tertiary alicyclic amines) is 1. The molecule has 2 aliphatic rings. The Morgan fingerprint density at radius 3 is 2.94 bits per heavy atom. The Morgan fingerprint density at radius 1 is 1.31 bits per heavy atom. The average Bonchev–Trinajstić information content (AvgIpc) is 2.84. The summed E-state index contributed by atoms with van der Waals surface area (Å²) in [6.07, 6.45) is 2.69. The second kappa shape index (κ2) is 8.90. The fourth-order valence-corrected chi connectivity index (χ4v) is 4.41. The lowest BCUT2D eigenvalue weighted by molar-refractivity contribution is -0.134. The third-order valence-corrected chi connectivity index (χ3v) is 6.32. The molecule has 4 N–H and O–H groups in total. The molecule has 11 heteroatoms. The minimum atomic E-state index is -0.680. The van der Waals surface area contributed by atoms with Gasteiger partial charge in [-0.1, -0.05) is 0 Å². The Labute approximate surface area is 200 Å². The number of carbonyl (C=O) groups is 2. The van der Waals surface area contributed by atoms with Gasteiger partial charge >= 0.3 is 6.09 Å². The van der Waals surface area contributed by atoms with Gasteiger partial charge in [-0.15, -0.1) is 0 Å². The zero-order chi connectivity index (χ0) is 24.7. The first-order valence-corrected chi connectivity index (χ1v) is 11.3. The number of amides is 2. The number of fused-ring (bicyclic) bond motifs is 2. The van der Waals surface area contributed by atoms with Gasteiger partial charge in [-0.2, -0.15) is 0 Å². The minimum absolute atomic E-state index is 0.0229. The number of nitrogens with two attached hydrogens (primary N) is 1. The molecule has 2 aliphatic heterocycles. The van der Waals surface area contributed by atoms with Crippen LogP contribution in [0.5, 0.6) is 5.88 Å². The number of halogens is 1. The third kappa shape index (κ3) is 4.25. The molecule has 1 aromatic carbocycles. The standard InChI is InChI=1S/C24H25FN6O4/c1-12-16(9-29-23-22(12)27-5-6-34-23)15-7-13-8-18(28-10-17(13)21(26)20(15)25)30-24(33)35-14-3-4-19(32)31(2)11-14/h7-10,14,27H,3-6,11,26H2,1-2H3,(H,28,30,33). The number of aromatic nitrogens is 2. The summed E-state index contributed by atoms with van der Waals surface area (Å²) in [5.74, 6) is 0.163. The lowest BCUT2D eigenvalue weighted by Gasteiger charge is -2.29. The highest BCUT2D eigenvalue weighted by molar-refractivity contribution is 5.99. The molecule has 0 saturated carbocycles. The van der Waals surface area contributed by atoms with Gasteiger partial charge in [-0.3, -0.25) is 10.1 Å². The van der Waals surface area contributed by atoms with Gasteiger partial charge in [0.2, 0.25) is 11.8 Å². The number of nitrogens with one attached hydrogen (secondary N) is 2. The molecule has 1 saturated heterocycles. The number of rotatable bonds is 3. The van der Waals surface area contributed by atoms with E-state index in [0.29, 0.717) is 54.8 Å². The van der Waals surface area contributed by atoms with Gasteiger partial charge in [-0.05, 0) is 36.4 Å². The largest absolute Gasteiger partial charge is 0.474 e. The van der Waals surface area contributed by atoms with Gasteiger partial charge < -0.3 is 25.4 Å². The van der Waals surface area contributed by atoms with Crippen molar-refractivity contribution in [2.24, 2.45) is 0 Å². The van der Waals surface area contributed by atoms with Crippen molar-refractivity contribution in [3.63, 3.8) is 0 Å². The topological polar surface area (TPSA) is 132 Å². The fourth-order valence-electron chi connectivity index (χ4n) is 4.41. The smallest absolute Gasteiger partial charge is 0.413 e. The van der Waals surface area contributed by atoms with Crippen LogP contribution in [0.3, 0.4) is 0 Å². The van der Waals surface area contributed by atoms with Crippen LogP contribution in [0.1, 0.15) is 18.4 Å². The number of hydrogen-bond donors (Lipinski definition) is 3. The fraction of sp³-hybridized carbons (Fsp3) is 0.333. The van der Waals surface area contributed by atoms with Crippen LogP contribution in [0.15, 0.2) is 24.5 Å². The van der Waals surface area contributed by atoms with E-state index in [1.54, 1.807) is 25.4 Å². The predicted octanol–water partition coefficient (Wildman–Crippen LogP) is 3.30. The summed E-state index contributed by atoms with van der Waals surface area (Å²) in [6.45, 7) is 3.34. The normalized spacial score (nSPS) is 17.4. The van der Waals surface area contributed by atoms with Crippen LogP contribution in [0, 0.1) is 12.7 Å². The average molecular weight is 481 g/mol. The maximum atomic E-state index is 15.3. The first kappa shape index (κ1) is 22.6. The predicted molar refractivity (Wildman–Crippen MR) is 129 cm³/mol. The Balaban J connectivity index is 1.43. The van der Waals surface area contributed by atoms with Crippen molar-refractivity contribution in [2.75, 3.05) is 43.1 Å². The zero-order valence-corrected chi connectivity index (χ0v) is 19.4. The quantitative estimate of drug-likeness (QED) is 0.487. The summed E-state index contributed by atoms with van der Waals surface area (Å²) in [5.41, 5.74) is 8.45. The number of piperidine rings is 1. The number of nitrogen functional groups attached to an aromatic ring is 1. The van der Waals surface area contributed by atoms with Crippen LogP contribution in [-0.2, 0) is 9.53 Å². The van der Waals surface area contributed by atoms with E-state index in [4.69, 9.17) is 15.2 Å². The van der Waals surface area contributed by atoms with Crippen molar-refractivity contribution >= 4 is 40.0 Å². The number of pyridine rings is 2. The molecular formula is C24H25FN6O4. The second-order valence-electron chi connectivity index (χ2n) is 8.66. The van der Waals surface area contributed by atoms with Crippen molar-refractivity contribution in [1.29, 1.82) is 0 Å². The van der Waals surface area contributed by atoms with E-state index in [9.17, 15) is 9.59 Å². The van der Waals surface area contributed by atoms with Crippen LogP contribution in [0.25, 0.3) is 21.9 Å². The van der Waals surface area contributed by atoms with Crippen molar-refractivity contribution in [1.82, 2.24) is 14.9 Å². The van der Waals surface area contributed by atoms with Crippen molar-refractivity contribution in [2.45, 2.75) is 25.9 Å². The highest BCUT2D eigenvalue weighted by Crippen LogP contribution is 2.39. The number of hydrogen-bond acceptors (Lipinski definition) is 8. The van der Waals surface area contributed by atoms with E-state index in [0.717, 1.165) is 11.3 Å². The van der Waals surface area contributed by atoms with Crippen molar-refractivity contribution in [3.8, 4) is 17.0 Å². The van der Waals surface area contributed by atoms with Crippen molar-refractivity contribution < 1.29 is 23.5 Å². The lowest BCUT2D eigenvalue weighted by Crippen LogP contribution is -2.42. The third-order valence-electron chi connectivity index (χ3n) is 6.32. The molecule has 2 aromatic heterocycles. The Bertz CT molecular complexity index is 1350. The number of ether oxygens (including phenoxy) is 2. The van der Waals surface area contributed by atoms with Crippen LogP contribution >= 0.6 is 0 Å². The molecular weight excluding hydrogens is 455 g/mol. The molecule has 3 aromatic rings. The summed E-state index contributed by atoms with van der Waals surface area (Å²) in [5, 5.41) is 6.86. The van der Waals surface area contributed by atoms with Crippen LogP contribution in [0.2, 0.25) is 0 Å². The molecule has 5 rings (SSSR count). The van der Waals surface area contributed by atoms with E-state index < -0.39 is 18.0 Å². The lowest BCUT2D eigenvalue weighted by atomic mass is 9.97. The van der Waals surface area contributed by atoms with E-state index in [2.05, 4.69) is 20.6 Å². The first-order chi connectivity index (χ1) is 16.8. The maximum Gasteiger partial charge on any atom is 0.413 e. The number of nitrogens with zero attached hydrogens (tertiary/aromatic N) is 3. The molecule has 35 heavy (non-hydrogen) atoms. The highest BCUT2D eigenvalue weighted by atomic mass is 19.1. The summed E-state index contributed by atoms with van der Waals surface area (Å²) >= 11 is 0. The number of likely N-dealkylation sites (N-methyl/N-ethyl adjacent to an activating group) is 1. The van der Waals surface area contributed by atoms with E-state index >= 15 is 4.39 Å². The maximum absolute atomic E-state index is 15.3. The van der Waals surface area contributed by atoms with Crippen LogP contribution in [-0.4, -0.2) is 59.7 Å². The Kier molecular flexibility index (Phi) is 5.75. The zero-order valence-electron chi connectivity index (χ0n) is 19.4. The summed E-state index contributed by atoms with van der Waals surface area (Å²) < 4.78 is 26.3. The molecule has 1 fully saturated rings. The minimum Gasteiger partial charge on any atom is -0.474 e. The van der Waals surface area contributed by atoms with Gasteiger partial charge in [0.15, 0.2) is 5.82 Å². The van der Waals surface area contributed by atoms with Crippen LogP contribution < -0.4 is 21.1 Å². The molecule has 10 nitrogen and oxygen atoms in total. The molecule has 1 atom stereocenters. The van der Waals surface area contributed by atoms with E-state index in [1.807, 2.05) is 6.92 Å². The van der Waals surface area contributed by atoms with Crippen molar-refractivity contribution in [3.05, 3.63) is 35.9 Å². The summed E-state index contributed by atoms with van der Waals surface area (Å²) in [4.78, 5) is 34.1. The van der Waals surface area contributed by atoms with E-state index in [-0.39, 0.29) is 23.0 Å². The van der Waals surface area contributed by atoms with E-state index in [1.165, 1.54) is 11.1 Å². The van der Waals surface area contributed by atoms with Gasteiger partial charge in [-0.25, -0.2) is 19.2 Å². The molecule has 1 unspecified atom stereocenters. The molecule has 4 heterocycles. The molecule has 0 spiro atoms. The molecule has 0 aliphatic carbocycles. The Morgan fingerprint density at radius 2 is 2.14 bits per heavy atom. The number of carbonyl (C=O) groups excluding carboxylic acids is 2. The molecule has 2 amide bonds. The first-order valence-electron chi connectivity index (χ1n) is 11.3. The Hall–Kier alpha value is -4.15. The summed E-state index contributed by atoms with van der Waals surface area (Å²) in [6, 6.07) is 3.26. The SMILES string of the molecule is Cc1c(-c2cc3cc(NC(=O)OC4CCC(=O)N(C)C4)ncc3c(N)c2F)cnc2c1NCCO2. The second-order valence-corrected chi connectivity index (χ2v) is 8.66. The number of anilines is 3. The number of benzene rings is 1. The van der Waals surface area contributed by atoms with Gasteiger partial charge in [0.25, 0.3) is 0 Å². The molecule has 0 radical (unpaired) electrons. The van der Waals surface area contributed by atoms with Gasteiger partial charge in [0.1, 0.15) is 24.2 Å². The summed E-state index contributed by atoms with van der Waals surface area (Å²) in [7, 11) is 1.67. The monoisotopic (exact) mass is 480 g/mol. The van der Waals surface area contributed by atoms with Crippen LogP contribution in [0.4, 0.5) is 26.4 Å². The highest BCUT2D eigenvalue weighted by Gasteiger charge is 2.26. The molecule has 182 valence electrons.